The van der Waals surface area contributed by atoms with Crippen molar-refractivity contribution in [1.29, 1.82) is 0 Å². The highest BCUT2D eigenvalue weighted by Gasteiger charge is 2.42. The van der Waals surface area contributed by atoms with E-state index in [1.807, 2.05) is 38.1 Å². The summed E-state index contributed by atoms with van der Waals surface area (Å²) < 4.78 is 0. The minimum absolute atomic E-state index is 0.0877. The van der Waals surface area contributed by atoms with E-state index in [9.17, 15) is 24.0 Å². The third-order valence-corrected chi connectivity index (χ3v) is 7.01. The predicted octanol–water partition coefficient (Wildman–Crippen LogP) is 4.32. The van der Waals surface area contributed by atoms with Crippen molar-refractivity contribution in [2.45, 2.75) is 111 Å². The Hall–Kier alpha value is -4.13. The molecule has 1 aliphatic heterocycles. The molecule has 1 heterocycles. The first-order valence-electron chi connectivity index (χ1n) is 16.7. The van der Waals surface area contributed by atoms with Crippen LogP contribution in [0.25, 0.3) is 0 Å². The third kappa shape index (κ3) is 13.5. The number of urea groups is 1. The molecule has 0 spiro atoms. The minimum atomic E-state index is -1.12. The molecule has 256 valence electrons. The standard InChI is InChI=1S/C28H35N5O5.2C3H8.C2H6/c1-4-6-12-21(24(34)26(36)30-14-5-2)31-25(35)22-13-9-15-33(22)27(37)23(32-28(38)29-3)20-16-18-10-7-8-11-19(18)17-20;2*1-3-2;1-2/h1,5,7-8,10-11,20-23H,2,6,9,12-17H2,3H3,(H,30,36)(H,31,35)(H2,29,32,38);2*3H2,1-2H3;1-2H3. The van der Waals surface area contributed by atoms with Gasteiger partial charge in [-0.2, -0.15) is 0 Å². The van der Waals surface area contributed by atoms with Gasteiger partial charge < -0.3 is 26.2 Å². The molecule has 5 amide bonds. The van der Waals surface area contributed by atoms with Crippen LogP contribution in [0.15, 0.2) is 36.9 Å². The number of hydrogen-bond acceptors (Lipinski definition) is 5. The van der Waals surface area contributed by atoms with Crippen LogP contribution < -0.4 is 21.3 Å². The molecule has 1 aromatic carbocycles. The summed E-state index contributed by atoms with van der Waals surface area (Å²) in [6.07, 6.45) is 11.8. The monoisotopic (exact) mass is 639 g/mol. The molecule has 4 N–H and O–H groups in total. The average molecular weight is 640 g/mol. The van der Waals surface area contributed by atoms with Crippen molar-refractivity contribution in [3.63, 3.8) is 0 Å². The molecule has 1 aliphatic carbocycles. The van der Waals surface area contributed by atoms with Gasteiger partial charge in [0.1, 0.15) is 12.1 Å². The van der Waals surface area contributed by atoms with Crippen LogP contribution in [-0.4, -0.2) is 72.7 Å². The first kappa shape index (κ1) is 41.9. The Morgan fingerprint density at radius 2 is 1.59 bits per heavy atom. The van der Waals surface area contributed by atoms with E-state index in [0.29, 0.717) is 32.2 Å². The number of fused-ring (bicyclic) bond motifs is 1. The Labute approximate surface area is 276 Å². The van der Waals surface area contributed by atoms with Gasteiger partial charge >= 0.3 is 6.03 Å². The SMILES string of the molecule is C#CCCC(NC(=O)C1CCCN1C(=O)C(NC(=O)NC)C1Cc2ccccc2C1)C(=O)C(=O)NCC=C.CC.CCC.CCC. The summed E-state index contributed by atoms with van der Waals surface area (Å²) in [5, 5.41) is 10.4. The summed E-state index contributed by atoms with van der Waals surface area (Å²) in [5.74, 6) is -0.282. The number of benzene rings is 1. The number of Topliss-reactive ketones (excluding diaryl/α,β-unsaturated/α-hetero) is 1. The van der Waals surface area contributed by atoms with Gasteiger partial charge in [0, 0.05) is 26.6 Å². The summed E-state index contributed by atoms with van der Waals surface area (Å²) in [5.41, 5.74) is 2.27. The van der Waals surface area contributed by atoms with Crippen molar-refractivity contribution in [2.75, 3.05) is 20.1 Å². The lowest BCUT2D eigenvalue weighted by atomic mass is 9.95. The second-order valence-electron chi connectivity index (χ2n) is 10.9. The minimum Gasteiger partial charge on any atom is -0.346 e. The number of rotatable bonds is 11. The maximum Gasteiger partial charge on any atom is 0.315 e. The molecule has 1 aromatic rings. The molecule has 0 radical (unpaired) electrons. The van der Waals surface area contributed by atoms with Crippen LogP contribution in [0, 0.1) is 18.3 Å². The van der Waals surface area contributed by atoms with E-state index in [0.717, 1.165) is 11.1 Å². The summed E-state index contributed by atoms with van der Waals surface area (Å²) in [7, 11) is 1.48. The lowest BCUT2D eigenvalue weighted by Crippen LogP contribution is -2.58. The maximum atomic E-state index is 13.8. The van der Waals surface area contributed by atoms with Gasteiger partial charge in [-0.25, -0.2) is 4.79 Å². The molecule has 46 heavy (non-hydrogen) atoms. The zero-order valence-corrected chi connectivity index (χ0v) is 29.0. The van der Waals surface area contributed by atoms with Crippen LogP contribution >= 0.6 is 0 Å². The number of hydrogen-bond donors (Lipinski definition) is 4. The van der Waals surface area contributed by atoms with Crippen LogP contribution in [-0.2, 0) is 32.0 Å². The molecule has 1 fully saturated rings. The quantitative estimate of drug-likeness (QED) is 0.163. The number of terminal acetylenes is 1. The predicted molar refractivity (Wildman–Crippen MR) is 185 cm³/mol. The molecule has 2 aliphatic rings. The number of carbonyl (C=O) groups is 5. The number of likely N-dealkylation sites (tertiary alicyclic amines) is 1. The second-order valence-corrected chi connectivity index (χ2v) is 10.9. The molecule has 1 saturated heterocycles. The van der Waals surface area contributed by atoms with Gasteiger partial charge in [-0.05, 0) is 49.1 Å². The van der Waals surface area contributed by atoms with E-state index in [-0.39, 0.29) is 31.2 Å². The molecule has 0 aromatic heterocycles. The van der Waals surface area contributed by atoms with Gasteiger partial charge in [0.05, 0.1) is 6.04 Å². The Kier molecular flexibility index (Phi) is 22.0. The van der Waals surface area contributed by atoms with E-state index in [2.05, 4.69) is 61.5 Å². The molecule has 10 heteroatoms. The molecule has 0 bridgehead atoms. The highest BCUT2D eigenvalue weighted by atomic mass is 16.2. The van der Waals surface area contributed by atoms with Gasteiger partial charge in [0.2, 0.25) is 17.6 Å². The van der Waals surface area contributed by atoms with E-state index in [4.69, 9.17) is 6.42 Å². The maximum absolute atomic E-state index is 13.8. The smallest absolute Gasteiger partial charge is 0.315 e. The lowest BCUT2D eigenvalue weighted by molar-refractivity contribution is -0.143. The van der Waals surface area contributed by atoms with E-state index in [1.54, 1.807) is 0 Å². The zero-order chi connectivity index (χ0) is 35.1. The highest BCUT2D eigenvalue weighted by Crippen LogP contribution is 2.31. The van der Waals surface area contributed by atoms with E-state index < -0.39 is 41.8 Å². The van der Waals surface area contributed by atoms with Crippen molar-refractivity contribution in [1.82, 2.24) is 26.2 Å². The van der Waals surface area contributed by atoms with Gasteiger partial charge in [-0.15, -0.1) is 18.9 Å². The van der Waals surface area contributed by atoms with Crippen molar-refractivity contribution < 1.29 is 24.0 Å². The average Bonchev–Trinajstić information content (AvgIpc) is 3.73. The van der Waals surface area contributed by atoms with Gasteiger partial charge in [-0.3, -0.25) is 19.2 Å². The first-order chi connectivity index (χ1) is 22.1. The Morgan fingerprint density at radius 1 is 1.02 bits per heavy atom. The number of nitrogens with one attached hydrogen (secondary N) is 4. The molecule has 3 atom stereocenters. The van der Waals surface area contributed by atoms with Crippen LogP contribution in [0.3, 0.4) is 0 Å². The Balaban J connectivity index is 0.00000230. The Morgan fingerprint density at radius 3 is 2.09 bits per heavy atom. The molecule has 10 nitrogen and oxygen atoms in total. The van der Waals surface area contributed by atoms with Crippen LogP contribution in [0.4, 0.5) is 4.79 Å². The molecular weight excluding hydrogens is 582 g/mol. The number of ketones is 1. The van der Waals surface area contributed by atoms with Crippen molar-refractivity contribution in [2.24, 2.45) is 5.92 Å². The molecule has 3 rings (SSSR count). The van der Waals surface area contributed by atoms with Crippen molar-refractivity contribution in [3.05, 3.63) is 48.0 Å². The number of nitrogens with zero attached hydrogens (tertiary/aromatic N) is 1. The zero-order valence-electron chi connectivity index (χ0n) is 29.0. The highest BCUT2D eigenvalue weighted by molar-refractivity contribution is 6.38. The lowest BCUT2D eigenvalue weighted by Gasteiger charge is -2.32. The fourth-order valence-corrected chi connectivity index (χ4v) is 5.08. The normalized spacial score (nSPS) is 15.7. The molecular formula is C36H57N5O5. The van der Waals surface area contributed by atoms with Gasteiger partial charge in [0.15, 0.2) is 0 Å². The van der Waals surface area contributed by atoms with E-state index >= 15 is 0 Å². The summed E-state index contributed by atoms with van der Waals surface area (Å²) >= 11 is 0. The van der Waals surface area contributed by atoms with Gasteiger partial charge in [-0.1, -0.05) is 84.7 Å². The number of carbonyl (C=O) groups excluding carboxylic acids is 5. The fourth-order valence-electron chi connectivity index (χ4n) is 5.08. The first-order valence-corrected chi connectivity index (χ1v) is 16.7. The van der Waals surface area contributed by atoms with E-state index in [1.165, 1.54) is 30.9 Å². The second kappa shape index (κ2) is 24.1. The van der Waals surface area contributed by atoms with Crippen LogP contribution in [0.1, 0.15) is 91.2 Å². The topological polar surface area (TPSA) is 137 Å². The van der Waals surface area contributed by atoms with Crippen LogP contribution in [0.5, 0.6) is 0 Å². The van der Waals surface area contributed by atoms with Crippen molar-refractivity contribution in [3.8, 4) is 12.3 Å². The number of amides is 5. The summed E-state index contributed by atoms with van der Waals surface area (Å²) in [6.45, 7) is 16.4. The summed E-state index contributed by atoms with van der Waals surface area (Å²) in [6, 6.07) is 4.65. The van der Waals surface area contributed by atoms with Crippen LogP contribution in [0.2, 0.25) is 0 Å². The van der Waals surface area contributed by atoms with Gasteiger partial charge in [0.25, 0.3) is 5.91 Å². The third-order valence-electron chi connectivity index (χ3n) is 7.01. The fraction of sp³-hybridized carbons (Fsp3) is 0.583. The largest absolute Gasteiger partial charge is 0.346 e. The van der Waals surface area contributed by atoms with Crippen molar-refractivity contribution >= 4 is 29.5 Å². The molecule has 0 saturated carbocycles. The Bertz CT molecular complexity index is 1130. The molecule has 3 unspecified atom stereocenters. The summed E-state index contributed by atoms with van der Waals surface area (Å²) in [4.78, 5) is 65.8.